The van der Waals surface area contributed by atoms with Crippen LogP contribution < -0.4 is 16.0 Å². The van der Waals surface area contributed by atoms with E-state index in [-0.39, 0.29) is 42.9 Å². The van der Waals surface area contributed by atoms with E-state index in [9.17, 15) is 36.0 Å². The number of benzene rings is 1. The molecule has 1 aliphatic carbocycles. The Morgan fingerprint density at radius 2 is 1.70 bits per heavy atom. The molecule has 0 aromatic heterocycles. The minimum absolute atomic E-state index is 0.000675. The van der Waals surface area contributed by atoms with Crippen LogP contribution in [0, 0.1) is 0 Å². The summed E-state index contributed by atoms with van der Waals surface area (Å²) in [6.07, 6.45) is -1.87. The lowest BCUT2D eigenvalue weighted by Crippen LogP contribution is -2.56. The van der Waals surface area contributed by atoms with Crippen LogP contribution in [-0.2, 0) is 35.4 Å². The summed E-state index contributed by atoms with van der Waals surface area (Å²) in [6.45, 7) is 1.66. The number of nitrogens with one attached hydrogen (secondary N) is 3. The van der Waals surface area contributed by atoms with Crippen LogP contribution in [0.5, 0.6) is 0 Å². The van der Waals surface area contributed by atoms with Crippen LogP contribution in [0.1, 0.15) is 56.2 Å². The normalized spacial score (nSPS) is 26.2. The topological polar surface area (TPSA) is 162 Å². The molecular formula is C25H33F3N4O7S. The number of halogens is 3. The molecule has 3 aliphatic rings. The monoisotopic (exact) mass is 590 g/mol. The van der Waals surface area contributed by atoms with Crippen molar-refractivity contribution >= 4 is 33.5 Å². The number of sulfone groups is 1. The van der Waals surface area contributed by atoms with Crippen LogP contribution in [-0.4, -0.2) is 84.6 Å². The number of carboxylic acid groups (broad SMARTS) is 1. The SMILES string of the molecule is CN[C@@H](C)C(=O)N[C@H]1CCS(=O)(=O)[C@H]2CC[C@H](C(=O)N[C@@H]3CCCc4ccccc43)N2C1=O.O=C(O)C(F)(F)F. The molecule has 2 fully saturated rings. The lowest BCUT2D eigenvalue weighted by atomic mass is 9.87. The Morgan fingerprint density at radius 1 is 1.05 bits per heavy atom. The van der Waals surface area contributed by atoms with Gasteiger partial charge in [-0.15, -0.1) is 0 Å². The largest absolute Gasteiger partial charge is 0.490 e. The number of hydrogen-bond donors (Lipinski definition) is 4. The Bertz CT molecular complexity index is 1240. The van der Waals surface area contributed by atoms with Crippen molar-refractivity contribution in [2.24, 2.45) is 0 Å². The summed E-state index contributed by atoms with van der Waals surface area (Å²) in [6, 6.07) is 5.46. The van der Waals surface area contributed by atoms with Crippen LogP contribution in [0.25, 0.3) is 0 Å². The molecule has 0 saturated carbocycles. The molecule has 4 N–H and O–H groups in total. The molecule has 1 aromatic carbocycles. The highest BCUT2D eigenvalue weighted by atomic mass is 32.2. The lowest BCUT2D eigenvalue weighted by molar-refractivity contribution is -0.192. The van der Waals surface area contributed by atoms with Crippen LogP contribution >= 0.6 is 0 Å². The standard InChI is InChI=1S/C23H32N4O5S.C2HF3O2/c1-14(24-2)21(28)26-18-12-13-33(31,32)20-11-10-19(27(20)23(18)30)22(29)25-17-9-5-7-15-6-3-4-8-16(15)17;3-2(4,5)1(6)7/h3-4,6,8,14,17-20,24H,5,7,9-13H2,1-2H3,(H,25,29)(H,26,28);(H,6,7)/t14-,17+,18-,19+,20-;/m0./s1. The van der Waals surface area contributed by atoms with Crippen LogP contribution in [0.2, 0.25) is 0 Å². The molecule has 2 saturated heterocycles. The number of hydrogen-bond acceptors (Lipinski definition) is 7. The maximum atomic E-state index is 13.4. The lowest BCUT2D eigenvalue weighted by Gasteiger charge is -2.32. The van der Waals surface area contributed by atoms with E-state index in [1.165, 1.54) is 10.5 Å². The number of carbonyl (C=O) groups is 4. The molecule has 15 heteroatoms. The second kappa shape index (κ2) is 12.5. The molecule has 0 bridgehead atoms. The van der Waals surface area contributed by atoms with Crippen molar-refractivity contribution in [2.75, 3.05) is 12.8 Å². The van der Waals surface area contributed by atoms with Gasteiger partial charge in [0, 0.05) is 0 Å². The van der Waals surface area contributed by atoms with Gasteiger partial charge in [0.2, 0.25) is 17.7 Å². The molecule has 11 nitrogen and oxygen atoms in total. The Labute approximate surface area is 229 Å². The summed E-state index contributed by atoms with van der Waals surface area (Å²) in [5.74, 6) is -4.18. The zero-order chi connectivity index (χ0) is 29.8. The minimum atomic E-state index is -5.08. The molecule has 0 spiro atoms. The van der Waals surface area contributed by atoms with E-state index in [0.29, 0.717) is 0 Å². The zero-order valence-electron chi connectivity index (χ0n) is 22.0. The van der Waals surface area contributed by atoms with E-state index in [2.05, 4.69) is 22.0 Å². The highest BCUT2D eigenvalue weighted by Crippen LogP contribution is 2.34. The highest BCUT2D eigenvalue weighted by Gasteiger charge is 2.51. The molecule has 3 amide bonds. The van der Waals surface area contributed by atoms with Gasteiger partial charge in [0.25, 0.3) is 0 Å². The number of likely N-dealkylation sites (N-methyl/N-ethyl adjacent to an activating group) is 1. The summed E-state index contributed by atoms with van der Waals surface area (Å²) in [5, 5.41) is 14.7. The Balaban J connectivity index is 0.000000559. The van der Waals surface area contributed by atoms with Crippen LogP contribution in [0.15, 0.2) is 24.3 Å². The van der Waals surface area contributed by atoms with E-state index < -0.39 is 51.4 Å². The fourth-order valence-corrected chi connectivity index (χ4v) is 7.07. The molecule has 40 heavy (non-hydrogen) atoms. The number of amides is 3. The van der Waals surface area contributed by atoms with E-state index in [4.69, 9.17) is 9.90 Å². The van der Waals surface area contributed by atoms with Crippen LogP contribution in [0.3, 0.4) is 0 Å². The molecule has 0 radical (unpaired) electrons. The molecule has 222 valence electrons. The Hall–Kier alpha value is -3.20. The summed E-state index contributed by atoms with van der Waals surface area (Å²) >= 11 is 0. The second-order valence-corrected chi connectivity index (χ2v) is 12.3. The smallest absolute Gasteiger partial charge is 0.475 e. The van der Waals surface area contributed by atoms with Gasteiger partial charge >= 0.3 is 12.1 Å². The third-order valence-corrected chi connectivity index (χ3v) is 9.46. The van der Waals surface area contributed by atoms with Crippen molar-refractivity contribution in [1.29, 1.82) is 0 Å². The Morgan fingerprint density at radius 3 is 2.33 bits per heavy atom. The van der Waals surface area contributed by atoms with Gasteiger partial charge in [0.1, 0.15) is 17.5 Å². The predicted molar refractivity (Wildman–Crippen MR) is 136 cm³/mol. The first-order valence-corrected chi connectivity index (χ1v) is 14.6. The predicted octanol–water partition coefficient (Wildman–Crippen LogP) is 1.04. The first kappa shape index (κ1) is 31.3. The number of nitrogens with zero attached hydrogens (tertiary/aromatic N) is 1. The fraction of sp³-hybridized carbons (Fsp3) is 0.600. The average molecular weight is 591 g/mol. The van der Waals surface area contributed by atoms with E-state index in [1.54, 1.807) is 14.0 Å². The fourth-order valence-electron chi connectivity index (χ4n) is 5.14. The summed E-state index contributed by atoms with van der Waals surface area (Å²) in [4.78, 5) is 49.2. The van der Waals surface area contributed by atoms with Crippen molar-refractivity contribution in [1.82, 2.24) is 20.9 Å². The third-order valence-electron chi connectivity index (χ3n) is 7.37. The molecule has 0 unspecified atom stereocenters. The van der Waals surface area contributed by atoms with E-state index in [1.807, 2.05) is 18.2 Å². The summed E-state index contributed by atoms with van der Waals surface area (Å²) < 4.78 is 57.6. The number of carbonyl (C=O) groups excluding carboxylic acids is 3. The molecule has 2 aliphatic heterocycles. The van der Waals surface area contributed by atoms with Crippen molar-refractivity contribution in [3.63, 3.8) is 0 Å². The highest BCUT2D eigenvalue weighted by molar-refractivity contribution is 7.92. The molecular weight excluding hydrogens is 557 g/mol. The van der Waals surface area contributed by atoms with E-state index >= 15 is 0 Å². The quantitative estimate of drug-likeness (QED) is 0.396. The maximum absolute atomic E-state index is 13.4. The van der Waals surface area contributed by atoms with Crippen LogP contribution in [0.4, 0.5) is 13.2 Å². The molecule has 1 aromatic rings. The van der Waals surface area contributed by atoms with Crippen molar-refractivity contribution in [2.45, 2.75) is 81.2 Å². The third kappa shape index (κ3) is 7.11. The molecule has 5 atom stereocenters. The van der Waals surface area contributed by atoms with E-state index in [0.717, 1.165) is 24.8 Å². The number of rotatable bonds is 5. The number of carboxylic acids is 1. The number of alkyl halides is 3. The second-order valence-electron chi connectivity index (χ2n) is 9.98. The van der Waals surface area contributed by atoms with Gasteiger partial charge in [-0.3, -0.25) is 14.4 Å². The minimum Gasteiger partial charge on any atom is -0.475 e. The average Bonchev–Trinajstić information content (AvgIpc) is 3.33. The first-order chi connectivity index (χ1) is 18.7. The Kier molecular flexibility index (Phi) is 9.82. The first-order valence-electron chi connectivity index (χ1n) is 12.9. The van der Waals surface area contributed by atoms with Gasteiger partial charge in [0.15, 0.2) is 9.84 Å². The van der Waals surface area contributed by atoms with Crippen molar-refractivity contribution in [3.05, 3.63) is 35.4 Å². The van der Waals surface area contributed by atoms with Gasteiger partial charge < -0.3 is 26.0 Å². The van der Waals surface area contributed by atoms with Gasteiger partial charge in [-0.1, -0.05) is 24.3 Å². The van der Waals surface area contributed by atoms with Gasteiger partial charge in [-0.05, 0) is 63.6 Å². The van der Waals surface area contributed by atoms with Gasteiger partial charge in [-0.25, -0.2) is 13.2 Å². The number of aryl methyl sites for hydroxylation is 1. The van der Waals surface area contributed by atoms with Gasteiger partial charge in [0.05, 0.1) is 17.8 Å². The number of fused-ring (bicyclic) bond motifs is 2. The summed E-state index contributed by atoms with van der Waals surface area (Å²) in [5.41, 5.74) is 2.28. The summed E-state index contributed by atoms with van der Waals surface area (Å²) in [7, 11) is -1.99. The van der Waals surface area contributed by atoms with Crippen molar-refractivity contribution < 1.29 is 45.9 Å². The molecule has 2 heterocycles. The zero-order valence-corrected chi connectivity index (χ0v) is 22.8. The van der Waals surface area contributed by atoms with Crippen molar-refractivity contribution in [3.8, 4) is 0 Å². The number of aliphatic carboxylic acids is 1. The van der Waals surface area contributed by atoms with Gasteiger partial charge in [-0.2, -0.15) is 13.2 Å². The maximum Gasteiger partial charge on any atom is 0.490 e. The molecule has 4 rings (SSSR count).